The number of alkyl carbamates (subject to hydrolysis) is 1. The van der Waals surface area contributed by atoms with Crippen LogP contribution in [-0.4, -0.2) is 31.2 Å². The molecule has 0 aromatic rings. The molecule has 80 valence electrons. The Kier molecular flexibility index (Phi) is 5.67. The average Bonchev–Trinajstić information content (AvgIpc) is 2.05. The number of nitrogens with one attached hydrogen (secondary N) is 2. The van der Waals surface area contributed by atoms with Crippen LogP contribution in [0.25, 0.3) is 0 Å². The summed E-state index contributed by atoms with van der Waals surface area (Å²) in [6, 6.07) is -0.556. The van der Waals surface area contributed by atoms with E-state index in [4.69, 9.17) is 0 Å². The summed E-state index contributed by atoms with van der Waals surface area (Å²) in [5.74, 6) is -0.212. The van der Waals surface area contributed by atoms with Crippen LogP contribution in [0.3, 0.4) is 0 Å². The molecule has 0 saturated heterocycles. The fraction of sp³-hybridized carbons (Fsp3) is 0.750. The van der Waals surface area contributed by atoms with Crippen LogP contribution in [0.5, 0.6) is 0 Å². The summed E-state index contributed by atoms with van der Waals surface area (Å²) in [4.78, 5) is 22.0. The molecule has 1 atom stereocenters. The fourth-order valence-electron chi connectivity index (χ4n) is 0.742. The van der Waals surface area contributed by atoms with Crippen LogP contribution in [0, 0.1) is 0 Å². The van der Waals surface area contributed by atoms with Crippen LogP contribution in [0.2, 0.25) is 0 Å². The topological polar surface area (TPSA) is 67.4 Å². The Labute approximate surface area is 80.8 Å². The summed E-state index contributed by atoms with van der Waals surface area (Å²) in [6.07, 6.45) is -0.568. The van der Waals surface area contributed by atoms with Gasteiger partial charge in [0.25, 0.3) is 0 Å². The van der Waals surface area contributed by atoms with Crippen molar-refractivity contribution in [2.24, 2.45) is 0 Å². The minimum absolute atomic E-state index is 0. The molecule has 0 spiro atoms. The zero-order valence-corrected chi connectivity index (χ0v) is 8.22. The minimum Gasteiger partial charge on any atom is -0.450 e. The van der Waals surface area contributed by atoms with E-state index in [-0.39, 0.29) is 8.76 Å². The van der Waals surface area contributed by atoms with Gasteiger partial charge >= 0.3 is 6.09 Å². The molecule has 0 rings (SSSR count). The second-order valence-electron chi connectivity index (χ2n) is 2.48. The monoisotopic (exact) mass is 192 g/mol. The Balaban J connectivity index is -0.000000720. The van der Waals surface area contributed by atoms with Gasteiger partial charge in [-0.25, -0.2) is 4.79 Å². The van der Waals surface area contributed by atoms with Crippen molar-refractivity contribution in [3.8, 4) is 0 Å². The summed E-state index contributed by atoms with van der Waals surface area (Å²) in [7, 11) is 0. The molecule has 0 aromatic carbocycles. The first-order valence-corrected chi connectivity index (χ1v) is 4.32. The Morgan fingerprint density at radius 3 is 2.54 bits per heavy atom. The second kappa shape index (κ2) is 6.28. The summed E-state index contributed by atoms with van der Waals surface area (Å²) < 4.78 is 4.61. The zero-order chi connectivity index (χ0) is 10.3. The lowest BCUT2D eigenvalue weighted by Crippen LogP contribution is -2.44. The standard InChI is InChI=1S/C8H16N2O3.2H2/c1-4-9-7(11)6(3)10-8(12)13-5-2;;/h6H,4-5H2,1-3H3,(H,9,11)(H,10,12);2*1H. The Morgan fingerprint density at radius 2 is 2.08 bits per heavy atom. The Hall–Kier alpha value is -1.26. The lowest BCUT2D eigenvalue weighted by molar-refractivity contribution is -0.122. The Morgan fingerprint density at radius 1 is 1.46 bits per heavy atom. The van der Waals surface area contributed by atoms with Crippen molar-refractivity contribution in [2.45, 2.75) is 26.8 Å². The molecule has 0 fully saturated rings. The van der Waals surface area contributed by atoms with E-state index in [2.05, 4.69) is 15.4 Å². The van der Waals surface area contributed by atoms with Crippen molar-refractivity contribution >= 4 is 12.0 Å². The molecular weight excluding hydrogens is 172 g/mol. The normalized spacial score (nSPS) is 11.6. The summed E-state index contributed by atoms with van der Waals surface area (Å²) in [5.41, 5.74) is 0. The minimum atomic E-state index is -0.568. The molecule has 0 saturated carbocycles. The first-order valence-electron chi connectivity index (χ1n) is 4.32. The SMILES string of the molecule is CCNC(=O)C(C)NC(=O)OCC.[HH].[HH]. The van der Waals surface area contributed by atoms with E-state index >= 15 is 0 Å². The summed E-state index contributed by atoms with van der Waals surface area (Å²) in [5, 5.41) is 4.98. The van der Waals surface area contributed by atoms with Gasteiger partial charge in [-0.2, -0.15) is 0 Å². The molecule has 0 aliphatic heterocycles. The molecule has 5 heteroatoms. The lowest BCUT2D eigenvalue weighted by Gasteiger charge is -2.12. The molecule has 0 bridgehead atoms. The highest BCUT2D eigenvalue weighted by Crippen LogP contribution is 1.84. The van der Waals surface area contributed by atoms with Gasteiger partial charge < -0.3 is 15.4 Å². The van der Waals surface area contributed by atoms with Gasteiger partial charge in [0.1, 0.15) is 6.04 Å². The van der Waals surface area contributed by atoms with E-state index in [0.717, 1.165) is 0 Å². The third-order valence-electron chi connectivity index (χ3n) is 1.35. The molecule has 0 aromatic heterocycles. The molecule has 2 amide bonds. The smallest absolute Gasteiger partial charge is 0.407 e. The molecule has 0 aliphatic rings. The van der Waals surface area contributed by atoms with Crippen LogP contribution < -0.4 is 10.6 Å². The van der Waals surface area contributed by atoms with E-state index in [9.17, 15) is 9.59 Å². The van der Waals surface area contributed by atoms with Crippen LogP contribution in [0.15, 0.2) is 0 Å². The summed E-state index contributed by atoms with van der Waals surface area (Å²) in [6.45, 7) is 5.97. The maximum atomic E-state index is 11.1. The van der Waals surface area contributed by atoms with E-state index in [1.54, 1.807) is 13.8 Å². The van der Waals surface area contributed by atoms with E-state index < -0.39 is 12.1 Å². The van der Waals surface area contributed by atoms with Crippen molar-refractivity contribution in [3.63, 3.8) is 0 Å². The maximum absolute atomic E-state index is 11.1. The van der Waals surface area contributed by atoms with Crippen molar-refractivity contribution < 1.29 is 17.2 Å². The number of rotatable bonds is 4. The van der Waals surface area contributed by atoms with Gasteiger partial charge in [0, 0.05) is 9.40 Å². The average molecular weight is 192 g/mol. The van der Waals surface area contributed by atoms with Gasteiger partial charge in [-0.3, -0.25) is 4.79 Å². The molecule has 5 nitrogen and oxygen atoms in total. The summed E-state index contributed by atoms with van der Waals surface area (Å²) >= 11 is 0. The number of carbonyl (C=O) groups excluding carboxylic acids is 2. The van der Waals surface area contributed by atoms with Crippen molar-refractivity contribution in [1.29, 1.82) is 0 Å². The predicted octanol–water partition coefficient (Wildman–Crippen LogP) is 0.749. The third-order valence-corrected chi connectivity index (χ3v) is 1.35. The molecule has 1 unspecified atom stereocenters. The highest BCUT2D eigenvalue weighted by atomic mass is 16.5. The van der Waals surface area contributed by atoms with Gasteiger partial charge in [0.05, 0.1) is 6.61 Å². The van der Waals surface area contributed by atoms with Crippen molar-refractivity contribution in [1.82, 2.24) is 10.6 Å². The number of ether oxygens (including phenoxy) is 1. The van der Waals surface area contributed by atoms with Gasteiger partial charge in [-0.1, -0.05) is 0 Å². The number of hydrogen-bond donors (Lipinski definition) is 2. The molecule has 0 radical (unpaired) electrons. The number of hydrogen-bond acceptors (Lipinski definition) is 3. The van der Waals surface area contributed by atoms with Crippen LogP contribution in [0.1, 0.15) is 23.6 Å². The van der Waals surface area contributed by atoms with Crippen LogP contribution >= 0.6 is 0 Å². The number of likely N-dealkylation sites (N-methyl/N-ethyl adjacent to an activating group) is 1. The van der Waals surface area contributed by atoms with Crippen molar-refractivity contribution in [3.05, 3.63) is 0 Å². The van der Waals surface area contributed by atoms with Crippen LogP contribution in [0.4, 0.5) is 4.79 Å². The Bertz CT molecular complexity index is 191. The largest absolute Gasteiger partial charge is 0.450 e. The number of carbonyl (C=O) groups is 2. The lowest BCUT2D eigenvalue weighted by atomic mass is 10.3. The highest BCUT2D eigenvalue weighted by Gasteiger charge is 2.14. The first-order chi connectivity index (χ1) is 6.11. The quantitative estimate of drug-likeness (QED) is 0.690. The zero-order valence-electron chi connectivity index (χ0n) is 8.22. The first kappa shape index (κ1) is 11.7. The predicted molar refractivity (Wildman–Crippen MR) is 52.5 cm³/mol. The van der Waals surface area contributed by atoms with Gasteiger partial charge in [0.2, 0.25) is 5.91 Å². The fourth-order valence-corrected chi connectivity index (χ4v) is 0.742. The van der Waals surface area contributed by atoms with E-state index in [0.29, 0.717) is 13.2 Å². The second-order valence-corrected chi connectivity index (χ2v) is 2.48. The van der Waals surface area contributed by atoms with Crippen LogP contribution in [-0.2, 0) is 9.53 Å². The molecule has 13 heavy (non-hydrogen) atoms. The van der Waals surface area contributed by atoms with Gasteiger partial charge in [-0.15, -0.1) is 0 Å². The molecule has 2 N–H and O–H groups in total. The van der Waals surface area contributed by atoms with E-state index in [1.165, 1.54) is 0 Å². The van der Waals surface area contributed by atoms with E-state index in [1.807, 2.05) is 6.92 Å². The molecule has 0 aliphatic carbocycles. The maximum Gasteiger partial charge on any atom is 0.407 e. The third kappa shape index (κ3) is 5.05. The molecular formula is C8H20N2O3. The highest BCUT2D eigenvalue weighted by molar-refractivity contribution is 5.85. The van der Waals surface area contributed by atoms with Gasteiger partial charge in [0.15, 0.2) is 0 Å². The molecule has 0 heterocycles. The number of amides is 2. The van der Waals surface area contributed by atoms with Gasteiger partial charge in [-0.05, 0) is 20.8 Å². The van der Waals surface area contributed by atoms with Crippen molar-refractivity contribution in [2.75, 3.05) is 13.2 Å².